The molecular formula is C16H34NO4P. The average molecular weight is 335 g/mol. The van der Waals surface area contributed by atoms with Crippen LogP contribution >= 0.6 is 7.82 Å². The zero-order valence-electron chi connectivity index (χ0n) is 14.5. The number of nitrogens with zero attached hydrogens (tertiary/aromatic N) is 1. The van der Waals surface area contributed by atoms with E-state index >= 15 is 0 Å². The number of hydrogen-bond acceptors (Lipinski definition) is 3. The molecule has 0 aromatic rings. The lowest BCUT2D eigenvalue weighted by molar-refractivity contribution is -0.873. The largest absolute Gasteiger partial charge is 0.756 e. The van der Waals surface area contributed by atoms with Gasteiger partial charge >= 0.3 is 0 Å². The van der Waals surface area contributed by atoms with Crippen molar-refractivity contribution in [3.8, 4) is 0 Å². The zero-order chi connectivity index (χ0) is 16.6. The van der Waals surface area contributed by atoms with Gasteiger partial charge in [-0.3, -0.25) is 4.57 Å². The molecule has 0 aromatic carbocycles. The SMILES string of the molecule is C[N+](C)(C)CC(CCCCCC1CCCCC1)OP(=O)([O-])O. The van der Waals surface area contributed by atoms with E-state index in [1.165, 1.54) is 44.9 Å². The number of phosphoric ester groups is 1. The molecule has 0 aliphatic heterocycles. The van der Waals surface area contributed by atoms with Crippen molar-refractivity contribution in [2.45, 2.75) is 70.3 Å². The summed E-state index contributed by atoms with van der Waals surface area (Å²) in [6.07, 6.45) is 11.8. The molecular weight excluding hydrogens is 301 g/mol. The van der Waals surface area contributed by atoms with Crippen LogP contribution in [0.4, 0.5) is 0 Å². The summed E-state index contributed by atoms with van der Waals surface area (Å²) in [5.41, 5.74) is 0. The van der Waals surface area contributed by atoms with Gasteiger partial charge in [0.25, 0.3) is 7.82 Å². The molecule has 1 saturated carbocycles. The molecule has 1 fully saturated rings. The van der Waals surface area contributed by atoms with Crippen LogP contribution < -0.4 is 4.89 Å². The summed E-state index contributed by atoms with van der Waals surface area (Å²) in [4.78, 5) is 19.9. The predicted octanol–water partition coefficient (Wildman–Crippen LogP) is 3.07. The quantitative estimate of drug-likeness (QED) is 0.378. The lowest BCUT2D eigenvalue weighted by Gasteiger charge is -2.31. The summed E-state index contributed by atoms with van der Waals surface area (Å²) >= 11 is 0. The second-order valence-corrected chi connectivity index (χ2v) is 8.96. The monoisotopic (exact) mass is 335 g/mol. The van der Waals surface area contributed by atoms with Crippen LogP contribution in [0.5, 0.6) is 0 Å². The van der Waals surface area contributed by atoms with Crippen molar-refractivity contribution in [1.29, 1.82) is 0 Å². The highest BCUT2D eigenvalue weighted by Gasteiger charge is 2.22. The molecule has 0 aromatic heterocycles. The first-order chi connectivity index (χ1) is 10.2. The standard InChI is InChI=1S/C16H34NO4P/c1-17(2,3)14-16(21-22(18,19)20)13-9-5-8-12-15-10-6-4-7-11-15/h15-16H,4-14H2,1-3H3,(H-,18,19,20). The van der Waals surface area contributed by atoms with E-state index in [-0.39, 0.29) is 0 Å². The first-order valence-corrected chi connectivity index (χ1v) is 10.2. The van der Waals surface area contributed by atoms with Gasteiger partial charge in [0.05, 0.1) is 21.1 Å². The van der Waals surface area contributed by atoms with Crippen molar-refractivity contribution < 1.29 is 23.4 Å². The maximum absolute atomic E-state index is 11.0. The highest BCUT2D eigenvalue weighted by molar-refractivity contribution is 7.44. The van der Waals surface area contributed by atoms with Gasteiger partial charge in [0.1, 0.15) is 12.6 Å². The number of quaternary nitrogens is 1. The second-order valence-electron chi connectivity index (χ2n) is 7.81. The van der Waals surface area contributed by atoms with E-state index in [1.54, 1.807) is 0 Å². The fourth-order valence-corrected chi connectivity index (χ4v) is 3.98. The van der Waals surface area contributed by atoms with Crippen molar-refractivity contribution in [2.24, 2.45) is 5.92 Å². The normalized spacial score (nSPS) is 21.5. The van der Waals surface area contributed by atoms with Crippen molar-refractivity contribution in [3.05, 3.63) is 0 Å². The smallest absolute Gasteiger partial charge is 0.265 e. The molecule has 132 valence electrons. The molecule has 1 rings (SSSR count). The van der Waals surface area contributed by atoms with Gasteiger partial charge in [-0.15, -0.1) is 0 Å². The topological polar surface area (TPSA) is 69.6 Å². The molecule has 0 amide bonds. The summed E-state index contributed by atoms with van der Waals surface area (Å²) in [5.74, 6) is 0.909. The van der Waals surface area contributed by atoms with Crippen LogP contribution in [0.1, 0.15) is 64.2 Å². The number of unbranched alkanes of at least 4 members (excludes halogenated alkanes) is 2. The Morgan fingerprint density at radius 1 is 1.18 bits per heavy atom. The number of phosphoric acid groups is 1. The van der Waals surface area contributed by atoms with Crippen LogP contribution in [0.15, 0.2) is 0 Å². The molecule has 0 heterocycles. The Hall–Kier alpha value is 0.0700. The number of likely N-dealkylation sites (N-methyl/N-ethyl adjacent to an activating group) is 1. The molecule has 5 nitrogen and oxygen atoms in total. The maximum atomic E-state index is 11.0. The predicted molar refractivity (Wildman–Crippen MR) is 87.3 cm³/mol. The van der Waals surface area contributed by atoms with E-state index < -0.39 is 13.9 Å². The Bertz CT molecular complexity index is 345. The Kier molecular flexibility index (Phi) is 8.58. The summed E-state index contributed by atoms with van der Waals surface area (Å²) in [6, 6.07) is 0. The van der Waals surface area contributed by atoms with Gasteiger partial charge in [0.2, 0.25) is 0 Å². The molecule has 1 N–H and O–H groups in total. The zero-order valence-corrected chi connectivity index (χ0v) is 15.4. The van der Waals surface area contributed by atoms with Gasteiger partial charge in [-0.25, -0.2) is 0 Å². The summed E-state index contributed by atoms with van der Waals surface area (Å²) in [7, 11) is 1.33. The van der Waals surface area contributed by atoms with Crippen LogP contribution in [0.3, 0.4) is 0 Å². The minimum Gasteiger partial charge on any atom is -0.756 e. The molecule has 0 radical (unpaired) electrons. The highest BCUT2D eigenvalue weighted by atomic mass is 31.2. The second kappa shape index (κ2) is 9.39. The molecule has 6 heteroatoms. The highest BCUT2D eigenvalue weighted by Crippen LogP contribution is 2.34. The van der Waals surface area contributed by atoms with Gasteiger partial charge in [0.15, 0.2) is 0 Å². The Balaban J connectivity index is 2.22. The van der Waals surface area contributed by atoms with E-state index in [2.05, 4.69) is 0 Å². The first-order valence-electron chi connectivity index (χ1n) is 8.68. The van der Waals surface area contributed by atoms with Crippen LogP contribution in [-0.2, 0) is 9.09 Å². The van der Waals surface area contributed by atoms with Gasteiger partial charge in [-0.05, 0) is 12.3 Å². The number of rotatable bonds is 10. The molecule has 2 atom stereocenters. The van der Waals surface area contributed by atoms with Crippen molar-refractivity contribution in [2.75, 3.05) is 27.7 Å². The van der Waals surface area contributed by atoms with E-state index in [1.807, 2.05) is 21.1 Å². The maximum Gasteiger partial charge on any atom is 0.265 e. The lowest BCUT2D eigenvalue weighted by atomic mass is 9.85. The molecule has 0 saturated heterocycles. The summed E-state index contributed by atoms with van der Waals surface area (Å²) in [6.45, 7) is 0.579. The summed E-state index contributed by atoms with van der Waals surface area (Å²) < 4.78 is 16.4. The van der Waals surface area contributed by atoms with E-state index in [4.69, 9.17) is 9.42 Å². The van der Waals surface area contributed by atoms with E-state index in [0.29, 0.717) is 17.4 Å². The van der Waals surface area contributed by atoms with Gasteiger partial charge < -0.3 is 18.8 Å². The number of hydrogen-bond donors (Lipinski definition) is 1. The van der Waals surface area contributed by atoms with Crippen LogP contribution in [0.2, 0.25) is 0 Å². The molecule has 0 bridgehead atoms. The molecule has 22 heavy (non-hydrogen) atoms. The Morgan fingerprint density at radius 2 is 1.82 bits per heavy atom. The Morgan fingerprint density at radius 3 is 2.36 bits per heavy atom. The van der Waals surface area contributed by atoms with E-state index in [0.717, 1.165) is 18.8 Å². The molecule has 1 aliphatic rings. The third kappa shape index (κ3) is 10.7. The fourth-order valence-electron chi connectivity index (χ4n) is 3.43. The molecule has 0 spiro atoms. The minimum absolute atomic E-state index is 0.428. The van der Waals surface area contributed by atoms with Crippen LogP contribution in [0.25, 0.3) is 0 Å². The van der Waals surface area contributed by atoms with Crippen LogP contribution in [0, 0.1) is 5.92 Å². The average Bonchev–Trinajstić information content (AvgIpc) is 2.35. The van der Waals surface area contributed by atoms with Crippen molar-refractivity contribution in [3.63, 3.8) is 0 Å². The van der Waals surface area contributed by atoms with Gasteiger partial charge in [0, 0.05) is 0 Å². The fraction of sp³-hybridized carbons (Fsp3) is 1.00. The van der Waals surface area contributed by atoms with Crippen molar-refractivity contribution >= 4 is 7.82 Å². The third-order valence-electron chi connectivity index (χ3n) is 4.40. The third-order valence-corrected chi connectivity index (χ3v) is 4.96. The summed E-state index contributed by atoms with van der Waals surface area (Å²) in [5, 5.41) is 0. The molecule has 2 unspecified atom stereocenters. The first kappa shape index (κ1) is 20.1. The molecule has 1 aliphatic carbocycles. The lowest BCUT2D eigenvalue weighted by Crippen LogP contribution is -2.42. The van der Waals surface area contributed by atoms with Crippen LogP contribution in [-0.4, -0.2) is 43.2 Å². The van der Waals surface area contributed by atoms with E-state index in [9.17, 15) is 9.46 Å². The van der Waals surface area contributed by atoms with Gasteiger partial charge in [-0.2, -0.15) is 0 Å². The Labute approximate surface area is 135 Å². The van der Waals surface area contributed by atoms with Crippen molar-refractivity contribution in [1.82, 2.24) is 0 Å². The van der Waals surface area contributed by atoms with Gasteiger partial charge in [-0.1, -0.05) is 57.8 Å². The minimum atomic E-state index is -4.65.